The van der Waals surface area contributed by atoms with Gasteiger partial charge in [-0.15, -0.1) is 0 Å². The second-order valence-corrected chi connectivity index (χ2v) is 8.66. The molecule has 0 unspecified atom stereocenters. The number of amides is 1. The van der Waals surface area contributed by atoms with E-state index < -0.39 is 10.0 Å². The Morgan fingerprint density at radius 3 is 2.58 bits per heavy atom. The van der Waals surface area contributed by atoms with Crippen LogP contribution in [0.25, 0.3) is 0 Å². The van der Waals surface area contributed by atoms with Gasteiger partial charge in [-0.2, -0.15) is 4.31 Å². The number of aromatic nitrogens is 1. The SMILES string of the molecule is Cc1cc(C(=O)N2CCCN(S(=O)(=O)Cc3ccc(Cl)cc3)CC2)no1. The van der Waals surface area contributed by atoms with Gasteiger partial charge in [-0.3, -0.25) is 4.79 Å². The zero-order chi connectivity index (χ0) is 18.7. The molecule has 1 aliphatic rings. The Labute approximate surface area is 157 Å². The van der Waals surface area contributed by atoms with E-state index in [2.05, 4.69) is 5.16 Å². The van der Waals surface area contributed by atoms with Crippen molar-refractivity contribution < 1.29 is 17.7 Å². The van der Waals surface area contributed by atoms with Crippen molar-refractivity contribution in [1.82, 2.24) is 14.4 Å². The average Bonchev–Trinajstić information content (AvgIpc) is 2.88. The van der Waals surface area contributed by atoms with Crippen LogP contribution < -0.4 is 0 Å². The van der Waals surface area contributed by atoms with E-state index in [1.54, 1.807) is 42.2 Å². The molecule has 3 rings (SSSR count). The molecule has 2 aromatic rings. The second-order valence-electron chi connectivity index (χ2n) is 6.25. The molecule has 0 spiro atoms. The van der Waals surface area contributed by atoms with Crippen molar-refractivity contribution in [2.75, 3.05) is 26.2 Å². The van der Waals surface area contributed by atoms with Crippen LogP contribution >= 0.6 is 11.6 Å². The molecule has 1 aliphatic heterocycles. The Morgan fingerprint density at radius 2 is 1.92 bits per heavy atom. The molecule has 1 aromatic heterocycles. The summed E-state index contributed by atoms with van der Waals surface area (Å²) in [4.78, 5) is 14.1. The maximum Gasteiger partial charge on any atom is 0.276 e. The first kappa shape index (κ1) is 18.9. The van der Waals surface area contributed by atoms with Gasteiger partial charge >= 0.3 is 0 Å². The van der Waals surface area contributed by atoms with E-state index in [4.69, 9.17) is 16.1 Å². The predicted octanol–water partition coefficient (Wildman–Crippen LogP) is 2.31. The Hall–Kier alpha value is -1.90. The number of rotatable bonds is 4. The molecule has 0 atom stereocenters. The summed E-state index contributed by atoms with van der Waals surface area (Å²) < 4.78 is 31.8. The van der Waals surface area contributed by atoms with Crippen LogP contribution in [0.5, 0.6) is 0 Å². The van der Waals surface area contributed by atoms with Gasteiger partial charge in [-0.1, -0.05) is 28.9 Å². The van der Waals surface area contributed by atoms with Crippen molar-refractivity contribution in [3.63, 3.8) is 0 Å². The quantitative estimate of drug-likeness (QED) is 0.790. The number of benzene rings is 1. The summed E-state index contributed by atoms with van der Waals surface area (Å²) >= 11 is 5.84. The first-order valence-corrected chi connectivity index (χ1v) is 10.3. The smallest absolute Gasteiger partial charge is 0.276 e. The fraction of sp³-hybridized carbons (Fsp3) is 0.412. The van der Waals surface area contributed by atoms with Gasteiger partial charge in [0.25, 0.3) is 5.91 Å². The maximum absolute atomic E-state index is 12.7. The number of carbonyl (C=O) groups is 1. The van der Waals surface area contributed by atoms with E-state index in [0.29, 0.717) is 42.4 Å². The molecule has 0 bridgehead atoms. The zero-order valence-corrected chi connectivity index (χ0v) is 16.0. The fourth-order valence-electron chi connectivity index (χ4n) is 2.89. The lowest BCUT2D eigenvalue weighted by Gasteiger charge is -2.21. The minimum Gasteiger partial charge on any atom is -0.361 e. The van der Waals surface area contributed by atoms with Crippen molar-refractivity contribution >= 4 is 27.5 Å². The maximum atomic E-state index is 12.7. The van der Waals surface area contributed by atoms with Crippen molar-refractivity contribution in [3.8, 4) is 0 Å². The van der Waals surface area contributed by atoms with Crippen LogP contribution in [0.1, 0.15) is 28.2 Å². The van der Waals surface area contributed by atoms with Crippen LogP contribution in [0, 0.1) is 6.92 Å². The van der Waals surface area contributed by atoms with E-state index in [1.165, 1.54) is 4.31 Å². The van der Waals surface area contributed by atoms with Crippen molar-refractivity contribution in [2.45, 2.75) is 19.1 Å². The number of sulfonamides is 1. The molecule has 1 fully saturated rings. The molecule has 7 nitrogen and oxygen atoms in total. The minimum atomic E-state index is -3.46. The number of aryl methyl sites for hydroxylation is 1. The van der Waals surface area contributed by atoms with Crippen LogP contribution in [0.15, 0.2) is 34.9 Å². The summed E-state index contributed by atoms with van der Waals surface area (Å²) in [5.74, 6) is 0.245. The van der Waals surface area contributed by atoms with E-state index in [0.717, 1.165) is 0 Å². The topological polar surface area (TPSA) is 83.7 Å². The lowest BCUT2D eigenvalue weighted by atomic mass is 10.2. The number of hydrogen-bond donors (Lipinski definition) is 0. The Bertz CT molecular complexity index is 880. The molecule has 9 heteroatoms. The highest BCUT2D eigenvalue weighted by Gasteiger charge is 2.28. The predicted molar refractivity (Wildman–Crippen MR) is 97.4 cm³/mol. The first-order chi connectivity index (χ1) is 12.3. The molecule has 1 amide bonds. The molecule has 2 heterocycles. The third-order valence-corrected chi connectivity index (χ3v) is 6.35. The summed E-state index contributed by atoms with van der Waals surface area (Å²) in [7, 11) is -3.46. The first-order valence-electron chi connectivity index (χ1n) is 8.30. The molecular weight excluding hydrogens is 378 g/mol. The van der Waals surface area contributed by atoms with Gasteiger partial charge in [-0.05, 0) is 31.0 Å². The summed E-state index contributed by atoms with van der Waals surface area (Å²) in [5.41, 5.74) is 0.935. The Balaban J connectivity index is 1.65. The summed E-state index contributed by atoms with van der Waals surface area (Å²) in [6, 6.07) is 8.35. The van der Waals surface area contributed by atoms with Gasteiger partial charge in [0.05, 0.1) is 5.75 Å². The minimum absolute atomic E-state index is 0.0827. The monoisotopic (exact) mass is 397 g/mol. The van der Waals surface area contributed by atoms with Gasteiger partial charge in [0, 0.05) is 37.3 Å². The van der Waals surface area contributed by atoms with Gasteiger partial charge in [0.15, 0.2) is 5.69 Å². The van der Waals surface area contributed by atoms with Gasteiger partial charge in [0.1, 0.15) is 5.76 Å². The molecule has 0 saturated carbocycles. The summed E-state index contributed by atoms with van der Waals surface area (Å²) in [6.07, 6.45) is 0.572. The van der Waals surface area contributed by atoms with Gasteiger partial charge in [-0.25, -0.2) is 8.42 Å². The molecule has 0 aliphatic carbocycles. The van der Waals surface area contributed by atoms with E-state index >= 15 is 0 Å². The molecule has 0 radical (unpaired) electrons. The summed E-state index contributed by atoms with van der Waals surface area (Å²) in [5, 5.41) is 4.31. The number of carbonyl (C=O) groups excluding carboxylic acids is 1. The van der Waals surface area contributed by atoms with Crippen molar-refractivity contribution in [2.24, 2.45) is 0 Å². The largest absolute Gasteiger partial charge is 0.361 e. The van der Waals surface area contributed by atoms with Crippen LogP contribution in [0.3, 0.4) is 0 Å². The van der Waals surface area contributed by atoms with Crippen LogP contribution in [-0.2, 0) is 15.8 Å². The number of halogens is 1. The lowest BCUT2D eigenvalue weighted by molar-refractivity contribution is 0.0754. The normalized spacial score (nSPS) is 16.5. The highest BCUT2D eigenvalue weighted by atomic mass is 35.5. The Morgan fingerprint density at radius 1 is 1.19 bits per heavy atom. The number of hydrogen-bond acceptors (Lipinski definition) is 5. The molecule has 26 heavy (non-hydrogen) atoms. The molecule has 140 valence electrons. The number of nitrogens with zero attached hydrogens (tertiary/aromatic N) is 3. The molecule has 1 saturated heterocycles. The summed E-state index contributed by atoms with van der Waals surface area (Å²) in [6.45, 7) is 3.18. The average molecular weight is 398 g/mol. The Kier molecular flexibility index (Phi) is 5.64. The third kappa shape index (κ3) is 4.44. The third-order valence-electron chi connectivity index (χ3n) is 4.24. The lowest BCUT2D eigenvalue weighted by Crippen LogP contribution is -2.37. The molecule has 0 N–H and O–H groups in total. The van der Waals surface area contributed by atoms with E-state index in [1.807, 2.05) is 0 Å². The van der Waals surface area contributed by atoms with E-state index in [-0.39, 0.29) is 23.9 Å². The van der Waals surface area contributed by atoms with Crippen molar-refractivity contribution in [3.05, 3.63) is 52.4 Å². The van der Waals surface area contributed by atoms with E-state index in [9.17, 15) is 13.2 Å². The second kappa shape index (κ2) is 7.77. The zero-order valence-electron chi connectivity index (χ0n) is 14.4. The highest BCUT2D eigenvalue weighted by molar-refractivity contribution is 7.88. The van der Waals surface area contributed by atoms with Crippen LogP contribution in [0.4, 0.5) is 0 Å². The molecule has 1 aromatic carbocycles. The fourth-order valence-corrected chi connectivity index (χ4v) is 4.58. The standard InChI is InChI=1S/C17H20ClN3O4S/c1-13-11-16(19-25-13)17(22)20-7-2-8-21(10-9-20)26(23,24)12-14-3-5-15(18)6-4-14/h3-6,11H,2,7-10,12H2,1H3. The molecular formula is C17H20ClN3O4S. The van der Waals surface area contributed by atoms with Crippen LogP contribution in [0.2, 0.25) is 5.02 Å². The highest BCUT2D eigenvalue weighted by Crippen LogP contribution is 2.17. The van der Waals surface area contributed by atoms with Gasteiger partial charge in [0.2, 0.25) is 10.0 Å². The van der Waals surface area contributed by atoms with Crippen molar-refractivity contribution in [1.29, 1.82) is 0 Å². The van der Waals surface area contributed by atoms with Gasteiger partial charge < -0.3 is 9.42 Å². The van der Waals surface area contributed by atoms with Crippen LogP contribution in [-0.4, -0.2) is 54.9 Å².